The third kappa shape index (κ3) is 6.47. The lowest BCUT2D eigenvalue weighted by molar-refractivity contribution is 0.259. The highest BCUT2D eigenvalue weighted by atomic mass is 35.5. The lowest BCUT2D eigenvalue weighted by atomic mass is 10.3. The zero-order chi connectivity index (χ0) is 14.1. The van der Waals surface area contributed by atoms with E-state index in [1.807, 2.05) is 0 Å². The van der Waals surface area contributed by atoms with Gasteiger partial charge in [-0.3, -0.25) is 4.52 Å². The predicted molar refractivity (Wildman–Crippen MR) is 80.3 cm³/mol. The standard InChI is InChI=1S/C14H22ClO3P/c1-3-5-10-17-19(16,11-6-4-2)18-14-9-7-8-13(15)12-14/h7-9,12H,3-6,10-11H2,1-2H3. The SMILES string of the molecule is CCCCOP(=O)(CCCC)Oc1cccc(Cl)c1. The summed E-state index contributed by atoms with van der Waals surface area (Å²) in [6.07, 6.45) is 4.11. The van der Waals surface area contributed by atoms with Gasteiger partial charge in [0.05, 0.1) is 12.8 Å². The fourth-order valence-electron chi connectivity index (χ4n) is 1.52. The van der Waals surface area contributed by atoms with Gasteiger partial charge in [-0.1, -0.05) is 44.4 Å². The van der Waals surface area contributed by atoms with Crippen LogP contribution in [0.1, 0.15) is 39.5 Å². The van der Waals surface area contributed by atoms with E-state index >= 15 is 0 Å². The maximum Gasteiger partial charge on any atom is 0.379 e. The quantitative estimate of drug-likeness (QED) is 0.444. The summed E-state index contributed by atoms with van der Waals surface area (Å²) >= 11 is 5.89. The van der Waals surface area contributed by atoms with E-state index in [2.05, 4.69) is 13.8 Å². The third-order valence-corrected chi connectivity index (χ3v) is 4.78. The molecule has 0 amide bonds. The fraction of sp³-hybridized carbons (Fsp3) is 0.571. The average Bonchev–Trinajstić information content (AvgIpc) is 2.37. The number of hydrogen-bond donors (Lipinski definition) is 0. The first-order chi connectivity index (χ1) is 9.09. The lowest BCUT2D eigenvalue weighted by Crippen LogP contribution is -2.04. The molecule has 0 N–H and O–H groups in total. The Morgan fingerprint density at radius 3 is 2.58 bits per heavy atom. The van der Waals surface area contributed by atoms with Crippen molar-refractivity contribution in [1.82, 2.24) is 0 Å². The summed E-state index contributed by atoms with van der Waals surface area (Å²) < 4.78 is 23.7. The molecule has 0 heterocycles. The Bertz CT molecular complexity index is 423. The number of benzene rings is 1. The molecule has 1 atom stereocenters. The fourth-order valence-corrected chi connectivity index (χ4v) is 3.52. The van der Waals surface area contributed by atoms with Gasteiger partial charge in [0.1, 0.15) is 5.75 Å². The Morgan fingerprint density at radius 2 is 1.95 bits per heavy atom. The van der Waals surface area contributed by atoms with Gasteiger partial charge in [-0.05, 0) is 31.0 Å². The Hall–Kier alpha value is -0.500. The van der Waals surface area contributed by atoms with Gasteiger partial charge in [0.15, 0.2) is 0 Å². The van der Waals surface area contributed by atoms with E-state index in [9.17, 15) is 4.57 Å². The van der Waals surface area contributed by atoms with Crippen LogP contribution >= 0.6 is 19.2 Å². The second-order valence-corrected chi connectivity index (χ2v) is 6.97. The molecule has 0 aliphatic rings. The first-order valence-electron chi connectivity index (χ1n) is 6.78. The smallest absolute Gasteiger partial charge is 0.379 e. The van der Waals surface area contributed by atoms with Crippen molar-refractivity contribution < 1.29 is 13.6 Å². The second kappa shape index (κ2) is 8.63. The van der Waals surface area contributed by atoms with Crippen LogP contribution in [0.3, 0.4) is 0 Å². The highest BCUT2D eigenvalue weighted by Gasteiger charge is 2.25. The van der Waals surface area contributed by atoms with Gasteiger partial charge in [0, 0.05) is 5.02 Å². The van der Waals surface area contributed by atoms with Crippen LogP contribution < -0.4 is 4.52 Å². The molecule has 5 heteroatoms. The molecule has 1 aromatic carbocycles. The van der Waals surface area contributed by atoms with Crippen LogP contribution in [0.2, 0.25) is 5.02 Å². The van der Waals surface area contributed by atoms with Crippen molar-refractivity contribution in [3.63, 3.8) is 0 Å². The van der Waals surface area contributed by atoms with Crippen molar-refractivity contribution in [2.75, 3.05) is 12.8 Å². The molecule has 0 fully saturated rings. The minimum atomic E-state index is -3.07. The van der Waals surface area contributed by atoms with Crippen LogP contribution in [-0.4, -0.2) is 12.8 Å². The highest BCUT2D eigenvalue weighted by molar-refractivity contribution is 7.54. The van der Waals surface area contributed by atoms with Crippen LogP contribution in [0.25, 0.3) is 0 Å². The van der Waals surface area contributed by atoms with E-state index in [4.69, 9.17) is 20.6 Å². The van der Waals surface area contributed by atoms with E-state index < -0.39 is 7.60 Å². The van der Waals surface area contributed by atoms with E-state index in [1.165, 1.54) is 0 Å². The average molecular weight is 305 g/mol. The summed E-state index contributed by atoms with van der Waals surface area (Å²) in [6.45, 7) is 4.59. The summed E-state index contributed by atoms with van der Waals surface area (Å²) in [7, 11) is -3.07. The van der Waals surface area contributed by atoms with Crippen LogP contribution in [0, 0.1) is 0 Å². The third-order valence-electron chi connectivity index (χ3n) is 2.61. The molecule has 0 aliphatic carbocycles. The van der Waals surface area contributed by atoms with Gasteiger partial charge < -0.3 is 4.52 Å². The summed E-state index contributed by atoms with van der Waals surface area (Å²) in [5, 5.41) is 0.563. The van der Waals surface area contributed by atoms with Gasteiger partial charge in [-0.15, -0.1) is 0 Å². The van der Waals surface area contributed by atoms with Crippen LogP contribution in [0.15, 0.2) is 24.3 Å². The summed E-state index contributed by atoms with van der Waals surface area (Å²) in [5.41, 5.74) is 0. The maximum absolute atomic E-state index is 12.6. The molecule has 3 nitrogen and oxygen atoms in total. The Morgan fingerprint density at radius 1 is 1.21 bits per heavy atom. The van der Waals surface area contributed by atoms with Gasteiger partial charge in [0.25, 0.3) is 0 Å². The van der Waals surface area contributed by atoms with Crippen molar-refractivity contribution in [1.29, 1.82) is 0 Å². The molecule has 1 unspecified atom stereocenters. The van der Waals surface area contributed by atoms with Crippen molar-refractivity contribution in [3.05, 3.63) is 29.3 Å². The predicted octanol–water partition coefficient (Wildman–Crippen LogP) is 5.53. The minimum absolute atomic E-state index is 0.444. The molecule has 0 bridgehead atoms. The topological polar surface area (TPSA) is 35.5 Å². The minimum Gasteiger partial charge on any atom is -0.424 e. The molecule has 0 radical (unpaired) electrons. The summed E-state index contributed by atoms with van der Waals surface area (Å²) in [5.74, 6) is 0.503. The highest BCUT2D eigenvalue weighted by Crippen LogP contribution is 2.49. The van der Waals surface area contributed by atoms with Crippen LogP contribution in [0.5, 0.6) is 5.75 Å². The normalized spacial score (nSPS) is 14.1. The Labute approximate surface area is 120 Å². The number of unbranched alkanes of at least 4 members (excludes halogenated alkanes) is 2. The lowest BCUT2D eigenvalue weighted by Gasteiger charge is -2.19. The van der Waals surface area contributed by atoms with Crippen LogP contribution in [-0.2, 0) is 9.09 Å². The van der Waals surface area contributed by atoms with Gasteiger partial charge in [-0.25, -0.2) is 4.57 Å². The van der Waals surface area contributed by atoms with Crippen molar-refractivity contribution in [2.24, 2.45) is 0 Å². The zero-order valence-electron chi connectivity index (χ0n) is 11.6. The molecule has 0 aliphatic heterocycles. The van der Waals surface area contributed by atoms with Crippen molar-refractivity contribution in [2.45, 2.75) is 39.5 Å². The largest absolute Gasteiger partial charge is 0.424 e. The number of halogens is 1. The maximum atomic E-state index is 12.6. The van der Waals surface area contributed by atoms with Crippen molar-refractivity contribution >= 4 is 19.2 Å². The van der Waals surface area contributed by atoms with E-state index in [0.29, 0.717) is 23.5 Å². The molecule has 1 aromatic rings. The van der Waals surface area contributed by atoms with E-state index in [0.717, 1.165) is 25.7 Å². The van der Waals surface area contributed by atoms with Crippen molar-refractivity contribution in [3.8, 4) is 5.75 Å². The Balaban J connectivity index is 2.69. The first kappa shape index (κ1) is 16.6. The number of rotatable bonds is 9. The molecule has 0 saturated heterocycles. The summed E-state index contributed by atoms with van der Waals surface area (Å²) in [6, 6.07) is 6.92. The van der Waals surface area contributed by atoms with E-state index in [-0.39, 0.29) is 0 Å². The molecule has 0 saturated carbocycles. The molecule has 19 heavy (non-hydrogen) atoms. The van der Waals surface area contributed by atoms with Crippen LogP contribution in [0.4, 0.5) is 0 Å². The Kier molecular flexibility index (Phi) is 7.52. The van der Waals surface area contributed by atoms with E-state index in [1.54, 1.807) is 24.3 Å². The van der Waals surface area contributed by atoms with Gasteiger partial charge in [0.2, 0.25) is 0 Å². The zero-order valence-corrected chi connectivity index (χ0v) is 13.3. The summed E-state index contributed by atoms with van der Waals surface area (Å²) in [4.78, 5) is 0. The molecule has 0 spiro atoms. The number of hydrogen-bond acceptors (Lipinski definition) is 3. The molecule has 0 aromatic heterocycles. The second-order valence-electron chi connectivity index (χ2n) is 4.42. The first-order valence-corrected chi connectivity index (χ1v) is 8.89. The molecule has 1 rings (SSSR count). The molecular formula is C14H22ClO3P. The molecule has 108 valence electrons. The van der Waals surface area contributed by atoms with Gasteiger partial charge in [-0.2, -0.15) is 0 Å². The monoisotopic (exact) mass is 304 g/mol. The molecular weight excluding hydrogens is 283 g/mol. The van der Waals surface area contributed by atoms with Gasteiger partial charge >= 0.3 is 7.60 Å².